The molecule has 0 bridgehead atoms. The van der Waals surface area contributed by atoms with Crippen molar-refractivity contribution >= 4 is 32.9 Å². The van der Waals surface area contributed by atoms with Gasteiger partial charge in [-0.15, -0.1) is 4.33 Å². The summed E-state index contributed by atoms with van der Waals surface area (Å²) in [6.07, 6.45) is 0. The third-order valence-corrected chi connectivity index (χ3v) is 4.34. The fourth-order valence-electron chi connectivity index (χ4n) is 1.90. The molecule has 0 aliphatic carbocycles. The molecule has 2 aromatic rings. The van der Waals surface area contributed by atoms with Crippen LogP contribution in [-0.4, -0.2) is 32.4 Å². The summed E-state index contributed by atoms with van der Waals surface area (Å²) < 4.78 is 46.6. The van der Waals surface area contributed by atoms with Crippen molar-refractivity contribution in [3.63, 3.8) is 0 Å². The van der Waals surface area contributed by atoms with Gasteiger partial charge in [-0.1, -0.05) is 5.04 Å². The van der Waals surface area contributed by atoms with Crippen LogP contribution < -0.4 is 9.47 Å². The van der Waals surface area contributed by atoms with E-state index in [1.54, 1.807) is 12.1 Å². The molecule has 0 saturated heterocycles. The maximum Gasteiger partial charge on any atom is 0.298 e. The molecule has 0 aromatic heterocycles. The zero-order valence-electron chi connectivity index (χ0n) is 11.5. The smallest absolute Gasteiger partial charge is 0.298 e. The Morgan fingerprint density at radius 1 is 1.00 bits per heavy atom. The molecular formula is C12H12O8S2. The SMILES string of the molecule is COc1cc2cc(OC)c(S(=O)(=O)O)cc2cc1SOOO. The molecule has 0 saturated carbocycles. The van der Waals surface area contributed by atoms with E-state index >= 15 is 0 Å². The molecule has 0 spiro atoms. The number of methoxy groups -OCH3 is 2. The van der Waals surface area contributed by atoms with Crippen molar-refractivity contribution in [2.75, 3.05) is 14.2 Å². The maximum atomic E-state index is 11.4. The normalized spacial score (nSPS) is 11.6. The van der Waals surface area contributed by atoms with E-state index < -0.39 is 10.1 Å². The lowest BCUT2D eigenvalue weighted by molar-refractivity contribution is -0.432. The summed E-state index contributed by atoms with van der Waals surface area (Å²) in [6, 6.07) is 5.88. The molecule has 0 aliphatic heterocycles. The topological polar surface area (TPSA) is 112 Å². The van der Waals surface area contributed by atoms with Gasteiger partial charge in [0.25, 0.3) is 10.1 Å². The van der Waals surface area contributed by atoms with Gasteiger partial charge in [0, 0.05) is 0 Å². The second-order valence-corrected chi connectivity index (χ2v) is 6.19. The van der Waals surface area contributed by atoms with Crippen LogP contribution in [0.2, 0.25) is 0 Å². The van der Waals surface area contributed by atoms with Crippen LogP contribution >= 0.6 is 12.0 Å². The van der Waals surface area contributed by atoms with Gasteiger partial charge in [0.2, 0.25) is 0 Å². The summed E-state index contributed by atoms with van der Waals surface area (Å²) in [7, 11) is -1.71. The predicted octanol–water partition coefficient (Wildman–Crippen LogP) is 2.53. The Kier molecular flexibility index (Phi) is 5.11. The molecule has 2 aromatic carbocycles. The highest BCUT2D eigenvalue weighted by molar-refractivity contribution is 7.94. The summed E-state index contributed by atoms with van der Waals surface area (Å²) in [6.45, 7) is 0. The van der Waals surface area contributed by atoms with E-state index in [-0.39, 0.29) is 10.6 Å². The molecule has 22 heavy (non-hydrogen) atoms. The maximum absolute atomic E-state index is 11.4. The molecule has 2 rings (SSSR count). The van der Waals surface area contributed by atoms with E-state index in [0.29, 0.717) is 33.5 Å². The highest BCUT2D eigenvalue weighted by atomic mass is 32.2. The standard InChI is InChI=1S/C12H12O8S2/c1-17-9-3-7-4-10(18-2)12(22(14,15)16)6-8(7)5-11(9)21-20-19-13/h3-6,13H,1-2H3,(H,14,15,16). The van der Waals surface area contributed by atoms with Crippen LogP contribution in [-0.2, 0) is 19.5 Å². The highest BCUT2D eigenvalue weighted by Crippen LogP contribution is 2.37. The number of benzene rings is 2. The van der Waals surface area contributed by atoms with Crippen molar-refractivity contribution in [1.82, 2.24) is 0 Å². The Morgan fingerprint density at radius 3 is 2.14 bits per heavy atom. The van der Waals surface area contributed by atoms with Gasteiger partial charge in [0.05, 0.1) is 31.2 Å². The van der Waals surface area contributed by atoms with Gasteiger partial charge < -0.3 is 9.47 Å². The molecule has 0 heterocycles. The molecule has 0 fully saturated rings. The van der Waals surface area contributed by atoms with Crippen molar-refractivity contribution < 1.29 is 37.1 Å². The molecule has 0 amide bonds. The summed E-state index contributed by atoms with van der Waals surface area (Å²) >= 11 is 0.669. The number of hydrogen-bond donors (Lipinski definition) is 2. The van der Waals surface area contributed by atoms with Gasteiger partial charge in [0.1, 0.15) is 16.4 Å². The van der Waals surface area contributed by atoms with E-state index in [9.17, 15) is 13.0 Å². The van der Waals surface area contributed by atoms with Crippen LogP contribution in [0.15, 0.2) is 34.1 Å². The first kappa shape index (κ1) is 16.8. The average Bonchev–Trinajstić information content (AvgIpc) is 2.49. The van der Waals surface area contributed by atoms with Crippen LogP contribution in [0.4, 0.5) is 0 Å². The second-order valence-electron chi connectivity index (χ2n) is 4.05. The summed E-state index contributed by atoms with van der Waals surface area (Å²) in [5.41, 5.74) is 0. The third kappa shape index (κ3) is 3.43. The van der Waals surface area contributed by atoms with Crippen LogP contribution in [0.1, 0.15) is 0 Å². The van der Waals surface area contributed by atoms with Gasteiger partial charge >= 0.3 is 0 Å². The van der Waals surface area contributed by atoms with E-state index in [4.69, 9.17) is 14.7 Å². The molecule has 10 heteroatoms. The Balaban J connectivity index is 2.68. The molecular weight excluding hydrogens is 336 g/mol. The lowest BCUT2D eigenvalue weighted by atomic mass is 10.1. The highest BCUT2D eigenvalue weighted by Gasteiger charge is 2.19. The lowest BCUT2D eigenvalue weighted by Gasteiger charge is -2.11. The van der Waals surface area contributed by atoms with Crippen molar-refractivity contribution in [3.05, 3.63) is 24.3 Å². The fourth-order valence-corrected chi connectivity index (χ4v) is 3.08. The third-order valence-electron chi connectivity index (χ3n) is 2.84. The average molecular weight is 348 g/mol. The molecule has 0 atom stereocenters. The quantitative estimate of drug-likeness (QED) is 0.352. The van der Waals surface area contributed by atoms with Crippen LogP contribution in [0.3, 0.4) is 0 Å². The Bertz CT molecular complexity index is 787. The van der Waals surface area contributed by atoms with Gasteiger partial charge in [-0.05, 0) is 35.0 Å². The van der Waals surface area contributed by atoms with Crippen LogP contribution in [0, 0.1) is 0 Å². The van der Waals surface area contributed by atoms with Crippen molar-refractivity contribution in [1.29, 1.82) is 0 Å². The Labute approximate surface area is 130 Å². The molecule has 120 valence electrons. The molecule has 0 unspecified atom stereocenters. The van der Waals surface area contributed by atoms with E-state index in [2.05, 4.69) is 9.37 Å². The summed E-state index contributed by atoms with van der Waals surface area (Å²) in [5.74, 6) is 0.420. The number of ether oxygens (including phenoxy) is 2. The van der Waals surface area contributed by atoms with Crippen LogP contribution in [0.25, 0.3) is 10.8 Å². The Morgan fingerprint density at radius 2 is 1.59 bits per heavy atom. The molecule has 0 radical (unpaired) electrons. The minimum absolute atomic E-state index is 0.00685. The van der Waals surface area contributed by atoms with Gasteiger partial charge in [-0.3, -0.25) is 4.55 Å². The second kappa shape index (κ2) is 6.69. The first-order chi connectivity index (χ1) is 10.4. The summed E-state index contributed by atoms with van der Waals surface area (Å²) in [4.78, 5) is 0.0680. The minimum atomic E-state index is -4.44. The lowest BCUT2D eigenvalue weighted by Crippen LogP contribution is -2.01. The van der Waals surface area contributed by atoms with Gasteiger partial charge in [0.15, 0.2) is 0 Å². The fraction of sp³-hybridized carbons (Fsp3) is 0.167. The zero-order valence-corrected chi connectivity index (χ0v) is 13.1. The first-order valence-electron chi connectivity index (χ1n) is 5.72. The van der Waals surface area contributed by atoms with Crippen molar-refractivity contribution in [3.8, 4) is 11.5 Å². The predicted molar refractivity (Wildman–Crippen MR) is 77.5 cm³/mol. The molecule has 8 nitrogen and oxygen atoms in total. The van der Waals surface area contributed by atoms with Crippen molar-refractivity contribution in [2.24, 2.45) is 0 Å². The number of rotatable bonds is 6. The largest absolute Gasteiger partial charge is 0.495 e. The molecule has 2 N–H and O–H groups in total. The van der Waals surface area contributed by atoms with Gasteiger partial charge in [-0.2, -0.15) is 8.42 Å². The molecule has 0 aliphatic rings. The van der Waals surface area contributed by atoms with E-state index in [0.717, 1.165) is 0 Å². The summed E-state index contributed by atoms with van der Waals surface area (Å²) in [5, 5.41) is 12.8. The Hall–Kier alpha value is -1.56. The monoisotopic (exact) mass is 348 g/mol. The van der Waals surface area contributed by atoms with E-state index in [1.807, 2.05) is 0 Å². The first-order valence-corrected chi connectivity index (χ1v) is 7.91. The van der Waals surface area contributed by atoms with Crippen LogP contribution in [0.5, 0.6) is 11.5 Å². The number of fused-ring (bicyclic) bond motifs is 1. The van der Waals surface area contributed by atoms with E-state index in [1.165, 1.54) is 26.4 Å². The zero-order chi connectivity index (χ0) is 16.3. The number of hydrogen-bond acceptors (Lipinski definition) is 8. The van der Waals surface area contributed by atoms with Gasteiger partial charge in [-0.25, -0.2) is 5.26 Å². The minimum Gasteiger partial charge on any atom is -0.495 e. The van der Waals surface area contributed by atoms with Crippen molar-refractivity contribution in [2.45, 2.75) is 9.79 Å².